The van der Waals surface area contributed by atoms with E-state index in [4.69, 9.17) is 5.73 Å². The molecule has 0 aromatic heterocycles. The Morgan fingerprint density at radius 1 is 1.12 bits per heavy atom. The van der Waals surface area contributed by atoms with Gasteiger partial charge in [-0.25, -0.2) is 4.39 Å². The molecule has 142 valence electrons. The lowest BCUT2D eigenvalue weighted by Crippen LogP contribution is -2.46. The Balaban J connectivity index is 1.49. The lowest BCUT2D eigenvalue weighted by Gasteiger charge is -2.31. The topological polar surface area (TPSA) is 75.4 Å². The fourth-order valence-corrected chi connectivity index (χ4v) is 4.27. The van der Waals surface area contributed by atoms with Crippen molar-refractivity contribution >= 4 is 11.8 Å². The molecule has 1 saturated carbocycles. The highest BCUT2D eigenvalue weighted by atomic mass is 19.1. The Bertz CT molecular complexity index is 626. The molecular formula is C20H28FN3O2. The third-order valence-electron chi connectivity index (χ3n) is 5.74. The molecule has 2 aliphatic rings. The minimum atomic E-state index is -0.317. The van der Waals surface area contributed by atoms with Gasteiger partial charge in [0.1, 0.15) is 5.82 Å². The fraction of sp³-hybridized carbons (Fsp3) is 0.600. The number of hydrogen-bond donors (Lipinski definition) is 2. The van der Waals surface area contributed by atoms with E-state index in [9.17, 15) is 14.0 Å². The third-order valence-corrected chi connectivity index (χ3v) is 5.74. The summed E-state index contributed by atoms with van der Waals surface area (Å²) in [6, 6.07) is 6.87. The normalized spacial score (nSPS) is 24.5. The van der Waals surface area contributed by atoms with Gasteiger partial charge in [-0.05, 0) is 68.8 Å². The fourth-order valence-electron chi connectivity index (χ4n) is 4.27. The maximum atomic E-state index is 13.1. The van der Waals surface area contributed by atoms with Crippen LogP contribution in [0.5, 0.6) is 0 Å². The van der Waals surface area contributed by atoms with Crippen molar-refractivity contribution in [1.82, 2.24) is 10.2 Å². The molecule has 3 N–H and O–H groups in total. The van der Waals surface area contributed by atoms with E-state index in [-0.39, 0.29) is 36.1 Å². The number of benzene rings is 1. The Morgan fingerprint density at radius 2 is 1.81 bits per heavy atom. The molecule has 3 rings (SSSR count). The van der Waals surface area contributed by atoms with E-state index >= 15 is 0 Å². The van der Waals surface area contributed by atoms with E-state index in [0.717, 1.165) is 57.2 Å². The molecular weight excluding hydrogens is 333 g/mol. The number of piperidine rings is 1. The van der Waals surface area contributed by atoms with E-state index in [1.54, 1.807) is 0 Å². The number of carbonyl (C=O) groups is 2. The van der Waals surface area contributed by atoms with Crippen molar-refractivity contribution in [2.75, 3.05) is 19.6 Å². The predicted molar refractivity (Wildman–Crippen MR) is 97.7 cm³/mol. The highest BCUT2D eigenvalue weighted by Crippen LogP contribution is 2.30. The molecule has 2 atom stereocenters. The summed E-state index contributed by atoms with van der Waals surface area (Å²) in [5, 5.41) is 3.26. The van der Waals surface area contributed by atoms with Crippen LogP contribution in [0.1, 0.15) is 37.7 Å². The number of primary amides is 1. The van der Waals surface area contributed by atoms with Crippen LogP contribution in [-0.2, 0) is 16.0 Å². The molecule has 1 aliphatic heterocycles. The summed E-state index contributed by atoms with van der Waals surface area (Å²) in [5.41, 5.74) is 6.36. The predicted octanol–water partition coefficient (Wildman–Crippen LogP) is 1.85. The number of likely N-dealkylation sites (tertiary alicyclic amines) is 1. The van der Waals surface area contributed by atoms with Crippen molar-refractivity contribution in [1.29, 1.82) is 0 Å². The number of halogens is 1. The van der Waals surface area contributed by atoms with Gasteiger partial charge in [0, 0.05) is 12.0 Å². The summed E-state index contributed by atoms with van der Waals surface area (Å²) in [6.45, 7) is 1.76. The maximum Gasteiger partial charge on any atom is 0.231 e. The van der Waals surface area contributed by atoms with Crippen molar-refractivity contribution < 1.29 is 14.0 Å². The van der Waals surface area contributed by atoms with Gasteiger partial charge in [0.05, 0.1) is 6.54 Å². The van der Waals surface area contributed by atoms with Crippen LogP contribution < -0.4 is 11.1 Å². The highest BCUT2D eigenvalue weighted by Gasteiger charge is 2.32. The van der Waals surface area contributed by atoms with Crippen molar-refractivity contribution in [3.63, 3.8) is 0 Å². The molecule has 2 amide bonds. The molecule has 1 aliphatic carbocycles. The number of nitrogens with zero attached hydrogens (tertiary/aromatic N) is 1. The van der Waals surface area contributed by atoms with E-state index in [1.807, 2.05) is 17.0 Å². The molecule has 0 radical (unpaired) electrons. The van der Waals surface area contributed by atoms with Gasteiger partial charge in [-0.15, -0.1) is 0 Å². The van der Waals surface area contributed by atoms with Gasteiger partial charge < -0.3 is 11.1 Å². The summed E-state index contributed by atoms with van der Waals surface area (Å²) in [6.07, 6.45) is 5.65. The lowest BCUT2D eigenvalue weighted by molar-refractivity contribution is -0.127. The SMILES string of the molecule is NC(=O)CN1CCC(C(=O)N[C@@H]2CCC[C@@H]2Cc2ccc(F)cc2)CC1. The van der Waals surface area contributed by atoms with Crippen LogP contribution in [0.25, 0.3) is 0 Å². The second-order valence-corrected chi connectivity index (χ2v) is 7.65. The monoisotopic (exact) mass is 361 g/mol. The second-order valence-electron chi connectivity index (χ2n) is 7.65. The number of rotatable bonds is 6. The van der Waals surface area contributed by atoms with Crippen LogP contribution in [-0.4, -0.2) is 42.4 Å². The number of hydrogen-bond acceptors (Lipinski definition) is 3. The first-order valence-corrected chi connectivity index (χ1v) is 9.56. The zero-order valence-corrected chi connectivity index (χ0v) is 15.1. The zero-order valence-electron chi connectivity index (χ0n) is 15.1. The van der Waals surface area contributed by atoms with Gasteiger partial charge in [0.15, 0.2) is 0 Å². The summed E-state index contributed by atoms with van der Waals surface area (Å²) >= 11 is 0. The summed E-state index contributed by atoms with van der Waals surface area (Å²) < 4.78 is 13.1. The van der Waals surface area contributed by atoms with E-state index in [0.29, 0.717) is 5.92 Å². The summed E-state index contributed by atoms with van der Waals surface area (Å²) in [4.78, 5) is 25.7. The summed E-state index contributed by atoms with van der Waals surface area (Å²) in [7, 11) is 0. The van der Waals surface area contributed by atoms with Crippen molar-refractivity contribution in [3.8, 4) is 0 Å². The van der Waals surface area contributed by atoms with Crippen molar-refractivity contribution in [2.45, 2.75) is 44.6 Å². The molecule has 1 saturated heterocycles. The number of amides is 2. The van der Waals surface area contributed by atoms with E-state index in [1.165, 1.54) is 12.1 Å². The Labute approximate surface area is 154 Å². The van der Waals surface area contributed by atoms with Crippen molar-refractivity contribution in [3.05, 3.63) is 35.6 Å². The molecule has 2 fully saturated rings. The molecule has 6 heteroatoms. The van der Waals surface area contributed by atoms with Crippen LogP contribution in [0.2, 0.25) is 0 Å². The van der Waals surface area contributed by atoms with Crippen LogP contribution in [0.15, 0.2) is 24.3 Å². The van der Waals surface area contributed by atoms with Gasteiger partial charge >= 0.3 is 0 Å². The minimum absolute atomic E-state index is 0.0196. The number of nitrogens with two attached hydrogens (primary N) is 1. The first-order valence-electron chi connectivity index (χ1n) is 9.56. The van der Waals surface area contributed by atoms with Gasteiger partial charge in [-0.1, -0.05) is 18.6 Å². The summed E-state index contributed by atoms with van der Waals surface area (Å²) in [5.74, 6) is 0.0421. The lowest BCUT2D eigenvalue weighted by atomic mass is 9.92. The quantitative estimate of drug-likeness (QED) is 0.812. The molecule has 1 aromatic rings. The molecule has 0 unspecified atom stereocenters. The molecule has 26 heavy (non-hydrogen) atoms. The van der Waals surface area contributed by atoms with Gasteiger partial charge in [0.2, 0.25) is 11.8 Å². The third kappa shape index (κ3) is 5.04. The average molecular weight is 361 g/mol. The Kier molecular flexibility index (Phi) is 6.25. The van der Waals surface area contributed by atoms with Gasteiger partial charge in [-0.3, -0.25) is 14.5 Å². The second kappa shape index (κ2) is 8.62. The molecule has 0 spiro atoms. The van der Waals surface area contributed by atoms with Crippen LogP contribution in [0.4, 0.5) is 4.39 Å². The highest BCUT2D eigenvalue weighted by molar-refractivity contribution is 5.79. The molecule has 1 heterocycles. The van der Waals surface area contributed by atoms with Gasteiger partial charge in [-0.2, -0.15) is 0 Å². The molecule has 1 aromatic carbocycles. The molecule has 0 bridgehead atoms. The van der Waals surface area contributed by atoms with Gasteiger partial charge in [0.25, 0.3) is 0 Å². The first kappa shape index (κ1) is 18.8. The largest absolute Gasteiger partial charge is 0.369 e. The van der Waals surface area contributed by atoms with Crippen LogP contribution in [0.3, 0.4) is 0 Å². The first-order chi connectivity index (χ1) is 12.5. The minimum Gasteiger partial charge on any atom is -0.369 e. The average Bonchev–Trinajstić information content (AvgIpc) is 3.04. The maximum absolute atomic E-state index is 13.1. The molecule has 5 nitrogen and oxygen atoms in total. The number of carbonyl (C=O) groups excluding carboxylic acids is 2. The van der Waals surface area contributed by atoms with E-state index < -0.39 is 0 Å². The van der Waals surface area contributed by atoms with Crippen LogP contribution in [0, 0.1) is 17.7 Å². The zero-order chi connectivity index (χ0) is 18.5. The van der Waals surface area contributed by atoms with E-state index in [2.05, 4.69) is 5.32 Å². The van der Waals surface area contributed by atoms with Crippen molar-refractivity contribution in [2.24, 2.45) is 17.6 Å². The smallest absolute Gasteiger partial charge is 0.231 e. The number of nitrogens with one attached hydrogen (secondary N) is 1. The standard InChI is InChI=1S/C20H28FN3O2/c21-17-6-4-14(5-7-17)12-16-2-1-3-18(16)23-20(26)15-8-10-24(11-9-15)13-19(22)25/h4-7,15-16,18H,1-3,8-13H2,(H2,22,25)(H,23,26)/t16-,18-/m1/s1. The van der Waals surface area contributed by atoms with Crippen LogP contribution >= 0.6 is 0 Å². The Hall–Kier alpha value is -1.95. The Morgan fingerprint density at radius 3 is 2.46 bits per heavy atom.